The molecule has 94 valence electrons. The average Bonchev–Trinajstić information content (AvgIpc) is 2.70. The van der Waals surface area contributed by atoms with E-state index in [2.05, 4.69) is 4.74 Å². The summed E-state index contributed by atoms with van der Waals surface area (Å²) >= 11 is 0. The van der Waals surface area contributed by atoms with Crippen LogP contribution in [0.25, 0.3) is 0 Å². The summed E-state index contributed by atoms with van der Waals surface area (Å²) in [5, 5.41) is 0. The molecule has 1 aliphatic heterocycles. The van der Waals surface area contributed by atoms with E-state index >= 15 is 0 Å². The molecule has 1 aromatic carbocycles. The minimum atomic E-state index is -0.550. The van der Waals surface area contributed by atoms with Crippen LogP contribution in [-0.2, 0) is 14.3 Å². The van der Waals surface area contributed by atoms with Gasteiger partial charge < -0.3 is 4.74 Å². The van der Waals surface area contributed by atoms with Crippen molar-refractivity contribution in [2.75, 3.05) is 0 Å². The number of ketones is 2. The fraction of sp³-hybridized carbons (Fsp3) is 0. The Bertz CT molecular complexity index is 566. The predicted molar refractivity (Wildman–Crippen MR) is 64.5 cm³/mol. The molecule has 0 radical (unpaired) electrons. The van der Waals surface area contributed by atoms with E-state index in [0.29, 0.717) is 11.1 Å². The van der Waals surface area contributed by atoms with Gasteiger partial charge in [0.1, 0.15) is 0 Å². The molecule has 5 nitrogen and oxygen atoms in total. The average molecular weight is 256 g/mol. The number of esters is 2. The Morgan fingerprint density at radius 2 is 1.00 bits per heavy atom. The topological polar surface area (TPSA) is 77.5 Å². The van der Waals surface area contributed by atoms with Gasteiger partial charge in [0, 0.05) is 0 Å². The second kappa shape index (κ2) is 5.22. The van der Waals surface area contributed by atoms with E-state index in [1.54, 1.807) is 24.3 Å². The van der Waals surface area contributed by atoms with E-state index in [4.69, 9.17) is 0 Å². The number of cyclic esters (lactones) is 2. The minimum Gasteiger partial charge on any atom is -0.386 e. The molecule has 0 spiro atoms. The first-order valence-electron chi connectivity index (χ1n) is 5.37. The highest BCUT2D eigenvalue weighted by Gasteiger charge is 2.28. The molecule has 0 bridgehead atoms. The Labute approximate surface area is 108 Å². The Morgan fingerprint density at radius 3 is 1.37 bits per heavy atom. The summed E-state index contributed by atoms with van der Waals surface area (Å²) in [6.07, 6.45) is 5.01. The smallest absolute Gasteiger partial charge is 0.346 e. The lowest BCUT2D eigenvalue weighted by Gasteiger charge is -1.87. The zero-order valence-electron chi connectivity index (χ0n) is 9.66. The summed E-state index contributed by atoms with van der Waals surface area (Å²) in [5.74, 6) is -1.34. The molecule has 0 amide bonds. The zero-order chi connectivity index (χ0) is 13.8. The van der Waals surface area contributed by atoms with Crippen LogP contribution in [0.1, 0.15) is 20.7 Å². The molecule has 0 N–H and O–H groups in total. The van der Waals surface area contributed by atoms with Gasteiger partial charge in [-0.1, -0.05) is 12.1 Å². The number of hydrogen-bond acceptors (Lipinski definition) is 5. The van der Waals surface area contributed by atoms with Crippen molar-refractivity contribution in [3.05, 3.63) is 59.7 Å². The summed E-state index contributed by atoms with van der Waals surface area (Å²) in [4.78, 5) is 42.2. The number of allylic oxidation sites excluding steroid dienone is 4. The van der Waals surface area contributed by atoms with Crippen LogP contribution in [0.5, 0.6) is 0 Å². The van der Waals surface area contributed by atoms with Gasteiger partial charge in [-0.3, -0.25) is 9.59 Å². The lowest BCUT2D eigenvalue weighted by Crippen LogP contribution is -1.97. The van der Waals surface area contributed by atoms with E-state index in [1.165, 1.54) is 24.3 Å². The van der Waals surface area contributed by atoms with Crippen molar-refractivity contribution in [3.63, 3.8) is 0 Å². The van der Waals surface area contributed by atoms with Crippen LogP contribution in [0.15, 0.2) is 48.6 Å². The van der Waals surface area contributed by atoms with Crippen molar-refractivity contribution in [2.45, 2.75) is 0 Å². The third kappa shape index (κ3) is 2.90. The van der Waals surface area contributed by atoms with Gasteiger partial charge in [0.15, 0.2) is 11.6 Å². The number of carbonyl (C=O) groups excluding carboxylic acids is 4. The van der Waals surface area contributed by atoms with Gasteiger partial charge >= 0.3 is 11.9 Å². The van der Waals surface area contributed by atoms with E-state index in [-0.39, 0.29) is 11.6 Å². The Hall–Kier alpha value is -2.82. The fourth-order valence-electron chi connectivity index (χ4n) is 1.47. The molecular formula is C14H8O5. The third-order valence-corrected chi connectivity index (χ3v) is 2.38. The number of rotatable bonds is 0. The Balaban J connectivity index is 0.000000148. The lowest BCUT2D eigenvalue weighted by molar-refractivity contribution is -0.113. The molecule has 5 heteroatoms. The normalized spacial score (nSPS) is 15.8. The van der Waals surface area contributed by atoms with Crippen LogP contribution in [0.2, 0.25) is 0 Å². The molecule has 1 aromatic rings. The van der Waals surface area contributed by atoms with Crippen LogP contribution < -0.4 is 0 Å². The molecule has 1 heterocycles. The number of carbonyl (C=O) groups is 4. The van der Waals surface area contributed by atoms with E-state index in [0.717, 1.165) is 0 Å². The van der Waals surface area contributed by atoms with Crippen molar-refractivity contribution >= 4 is 23.5 Å². The first kappa shape index (κ1) is 12.6. The maximum atomic E-state index is 10.8. The number of benzene rings is 1. The van der Waals surface area contributed by atoms with Crippen LogP contribution >= 0.6 is 0 Å². The largest absolute Gasteiger partial charge is 0.386 e. The number of fused-ring (bicyclic) bond motifs is 1. The molecule has 0 saturated carbocycles. The van der Waals surface area contributed by atoms with Crippen LogP contribution in [0, 0.1) is 0 Å². The van der Waals surface area contributed by atoms with Crippen LogP contribution in [-0.4, -0.2) is 23.5 Å². The minimum absolute atomic E-state index is 0.121. The van der Waals surface area contributed by atoms with Gasteiger partial charge in [-0.2, -0.15) is 0 Å². The molecule has 19 heavy (non-hydrogen) atoms. The summed E-state index contributed by atoms with van der Waals surface area (Å²) in [5.41, 5.74) is 0.718. The number of ether oxygens (including phenoxy) is 1. The SMILES string of the molecule is O=C1C=CC(=O)C=C1.O=C1OC(=O)c2ccccc21. The van der Waals surface area contributed by atoms with Crippen molar-refractivity contribution in [2.24, 2.45) is 0 Å². The highest BCUT2D eigenvalue weighted by atomic mass is 16.6. The van der Waals surface area contributed by atoms with Crippen molar-refractivity contribution in [3.8, 4) is 0 Å². The maximum Gasteiger partial charge on any atom is 0.346 e. The molecule has 0 unspecified atom stereocenters. The fourth-order valence-corrected chi connectivity index (χ4v) is 1.47. The van der Waals surface area contributed by atoms with Gasteiger partial charge in [-0.25, -0.2) is 9.59 Å². The summed E-state index contributed by atoms with van der Waals surface area (Å²) in [6, 6.07) is 6.53. The van der Waals surface area contributed by atoms with E-state index in [9.17, 15) is 19.2 Å². The van der Waals surface area contributed by atoms with E-state index in [1.807, 2.05) is 0 Å². The Morgan fingerprint density at radius 1 is 0.632 bits per heavy atom. The molecule has 0 atom stereocenters. The lowest BCUT2D eigenvalue weighted by atomic mass is 10.1. The standard InChI is InChI=1S/C8H4O3.C6H4O2/c9-7-5-3-1-2-4-6(5)8(10)11-7;7-5-1-2-6(8)4-3-5/h1-4H;1-4H. The van der Waals surface area contributed by atoms with Gasteiger partial charge in [-0.15, -0.1) is 0 Å². The molecular weight excluding hydrogens is 248 g/mol. The van der Waals surface area contributed by atoms with E-state index < -0.39 is 11.9 Å². The highest BCUT2D eigenvalue weighted by Crippen LogP contribution is 2.18. The van der Waals surface area contributed by atoms with Gasteiger partial charge in [0.2, 0.25) is 0 Å². The summed E-state index contributed by atoms with van der Waals surface area (Å²) in [7, 11) is 0. The monoisotopic (exact) mass is 256 g/mol. The molecule has 0 aromatic heterocycles. The first-order valence-corrected chi connectivity index (χ1v) is 5.37. The second-order valence-electron chi connectivity index (χ2n) is 3.69. The van der Waals surface area contributed by atoms with Crippen molar-refractivity contribution < 1.29 is 23.9 Å². The molecule has 1 aliphatic carbocycles. The quantitative estimate of drug-likeness (QED) is 0.396. The van der Waals surface area contributed by atoms with Gasteiger partial charge in [-0.05, 0) is 36.4 Å². The van der Waals surface area contributed by atoms with Crippen molar-refractivity contribution in [1.82, 2.24) is 0 Å². The Kier molecular flexibility index (Phi) is 3.47. The van der Waals surface area contributed by atoms with Gasteiger partial charge in [0.05, 0.1) is 11.1 Å². The predicted octanol–water partition coefficient (Wildman–Crippen LogP) is 1.25. The number of hydrogen-bond donors (Lipinski definition) is 0. The summed E-state index contributed by atoms with van der Waals surface area (Å²) in [6.45, 7) is 0. The highest BCUT2D eigenvalue weighted by molar-refractivity contribution is 6.15. The van der Waals surface area contributed by atoms with Crippen LogP contribution in [0.4, 0.5) is 0 Å². The summed E-state index contributed by atoms with van der Waals surface area (Å²) < 4.78 is 4.35. The molecule has 0 saturated heterocycles. The first-order chi connectivity index (χ1) is 9.08. The molecule has 3 rings (SSSR count). The van der Waals surface area contributed by atoms with Crippen molar-refractivity contribution in [1.29, 1.82) is 0 Å². The third-order valence-electron chi connectivity index (χ3n) is 2.38. The molecule has 2 aliphatic rings. The second-order valence-corrected chi connectivity index (χ2v) is 3.69. The van der Waals surface area contributed by atoms with Gasteiger partial charge in [0.25, 0.3) is 0 Å². The maximum absolute atomic E-state index is 10.8. The zero-order valence-corrected chi connectivity index (χ0v) is 9.66. The molecule has 0 fully saturated rings. The van der Waals surface area contributed by atoms with Crippen LogP contribution in [0.3, 0.4) is 0 Å².